The topological polar surface area (TPSA) is 0 Å². The van der Waals surface area contributed by atoms with Gasteiger partial charge in [0.05, 0.1) is 5.41 Å². The Hall–Kier alpha value is -2.00. The van der Waals surface area contributed by atoms with Crippen LogP contribution in [-0.4, -0.2) is 0 Å². The van der Waals surface area contributed by atoms with Crippen LogP contribution in [0.4, 0.5) is 0 Å². The van der Waals surface area contributed by atoms with Gasteiger partial charge in [0, 0.05) is 5.41 Å². The van der Waals surface area contributed by atoms with Gasteiger partial charge in [-0.15, -0.1) is 0 Å². The van der Waals surface area contributed by atoms with Crippen LogP contribution in [0.25, 0.3) is 10.8 Å². The van der Waals surface area contributed by atoms with Crippen molar-refractivity contribution in [1.82, 2.24) is 0 Å². The summed E-state index contributed by atoms with van der Waals surface area (Å²) < 4.78 is 0. The van der Waals surface area contributed by atoms with Crippen molar-refractivity contribution < 1.29 is 0 Å². The van der Waals surface area contributed by atoms with Crippen LogP contribution in [0.15, 0.2) is 48.6 Å². The monoisotopic (exact) mass is 274 g/mol. The van der Waals surface area contributed by atoms with Crippen LogP contribution >= 0.6 is 0 Å². The van der Waals surface area contributed by atoms with Gasteiger partial charge < -0.3 is 0 Å². The molecule has 0 radical (unpaired) electrons. The molecule has 0 aliphatic heterocycles. The maximum absolute atomic E-state index is 3.49. The third-order valence-electron chi connectivity index (χ3n) is 4.76. The summed E-state index contributed by atoms with van der Waals surface area (Å²) in [7, 11) is 0. The summed E-state index contributed by atoms with van der Waals surface area (Å²) >= 11 is 0. The van der Waals surface area contributed by atoms with E-state index < -0.39 is 0 Å². The lowest BCUT2D eigenvalue weighted by atomic mass is 9.88. The van der Waals surface area contributed by atoms with Crippen molar-refractivity contribution in [3.05, 3.63) is 59.7 Å². The lowest BCUT2D eigenvalue weighted by Gasteiger charge is -2.13. The molecule has 3 aliphatic rings. The number of allylic oxidation sites excluding steroid dienone is 2. The number of hydrogen-bond donors (Lipinski definition) is 0. The van der Waals surface area contributed by atoms with E-state index in [1.165, 1.54) is 28.3 Å². The minimum absolute atomic E-state index is 0.116. The van der Waals surface area contributed by atoms with E-state index in [0.29, 0.717) is 0 Å². The first kappa shape index (κ1) is 14.0. The van der Waals surface area contributed by atoms with Gasteiger partial charge >= 0.3 is 0 Å². The highest BCUT2D eigenvalue weighted by Crippen LogP contribution is 2.73. The van der Waals surface area contributed by atoms with Gasteiger partial charge in [-0.1, -0.05) is 82.0 Å². The van der Waals surface area contributed by atoms with E-state index in [2.05, 4.69) is 54.3 Å². The van der Waals surface area contributed by atoms with Gasteiger partial charge in [0.15, 0.2) is 0 Å². The predicted octanol–water partition coefficient (Wildman–Crippen LogP) is 5.36. The minimum atomic E-state index is 0.116. The van der Waals surface area contributed by atoms with E-state index >= 15 is 0 Å². The van der Waals surface area contributed by atoms with E-state index in [9.17, 15) is 0 Å². The molecule has 2 aromatic rings. The molecule has 21 heavy (non-hydrogen) atoms. The average molecular weight is 274 g/mol. The Balaban J connectivity index is 0.000000308. The molecule has 3 aliphatic carbocycles. The molecule has 0 aromatic heterocycles. The number of rotatable bonds is 0. The summed E-state index contributed by atoms with van der Waals surface area (Å²) in [4.78, 5) is 0. The fourth-order valence-corrected chi connectivity index (χ4v) is 3.97. The molecule has 2 unspecified atom stereocenters. The maximum atomic E-state index is 3.49. The van der Waals surface area contributed by atoms with E-state index in [4.69, 9.17) is 0 Å². The Labute approximate surface area is 127 Å². The van der Waals surface area contributed by atoms with Crippen molar-refractivity contribution in [1.29, 1.82) is 0 Å². The summed E-state index contributed by atoms with van der Waals surface area (Å²) in [5.74, 6) is 6.67. The molecule has 0 N–H and O–H groups in total. The van der Waals surface area contributed by atoms with E-state index in [1.807, 2.05) is 33.8 Å². The summed E-state index contributed by atoms with van der Waals surface area (Å²) in [5.41, 5.74) is 3.28. The zero-order chi connectivity index (χ0) is 15.1. The van der Waals surface area contributed by atoms with Gasteiger partial charge in [0.1, 0.15) is 0 Å². The van der Waals surface area contributed by atoms with Gasteiger partial charge in [0.2, 0.25) is 0 Å². The average Bonchev–Trinajstić information content (AvgIpc) is 3.23. The largest absolute Gasteiger partial charge is 0.0856 e. The lowest BCUT2D eigenvalue weighted by Crippen LogP contribution is -2.14. The second-order valence-corrected chi connectivity index (χ2v) is 5.37. The molecule has 0 heterocycles. The fraction of sp³-hybridized carbons (Fsp3) is 0.333. The molecule has 106 valence electrons. The second-order valence-electron chi connectivity index (χ2n) is 5.37. The van der Waals surface area contributed by atoms with E-state index in [-0.39, 0.29) is 10.8 Å². The van der Waals surface area contributed by atoms with Crippen LogP contribution in [0.2, 0.25) is 0 Å². The van der Waals surface area contributed by atoms with Gasteiger partial charge in [-0.3, -0.25) is 0 Å². The van der Waals surface area contributed by atoms with Gasteiger partial charge in [-0.2, -0.15) is 0 Å². The molecule has 0 nitrogen and oxygen atoms in total. The molecule has 0 bridgehead atoms. The minimum Gasteiger partial charge on any atom is -0.0856 e. The van der Waals surface area contributed by atoms with Crippen molar-refractivity contribution in [2.45, 2.75) is 44.9 Å². The Morgan fingerprint density at radius 1 is 0.905 bits per heavy atom. The quantitative estimate of drug-likeness (QED) is 0.567. The molecule has 2 aromatic carbocycles. The third-order valence-corrected chi connectivity index (χ3v) is 4.76. The van der Waals surface area contributed by atoms with Gasteiger partial charge in [-0.25, -0.2) is 0 Å². The molecule has 5 rings (SSSR count). The first-order valence-corrected chi connectivity index (χ1v) is 8.11. The van der Waals surface area contributed by atoms with Crippen LogP contribution in [0.3, 0.4) is 0 Å². The van der Waals surface area contributed by atoms with Crippen LogP contribution in [0.1, 0.15) is 45.2 Å². The third kappa shape index (κ3) is 1.47. The normalized spacial score (nSPS) is 28.0. The Morgan fingerprint density at radius 2 is 1.57 bits per heavy atom. The van der Waals surface area contributed by atoms with Crippen molar-refractivity contribution in [2.24, 2.45) is 0 Å². The van der Waals surface area contributed by atoms with Crippen LogP contribution in [0.5, 0.6) is 0 Å². The molecule has 2 atom stereocenters. The summed E-state index contributed by atoms with van der Waals surface area (Å²) in [6.45, 7) is 8.00. The molecule has 0 heteroatoms. The zero-order valence-corrected chi connectivity index (χ0v) is 13.3. The molecular formula is C21H22. The van der Waals surface area contributed by atoms with Crippen LogP contribution in [0, 0.1) is 11.8 Å². The second kappa shape index (κ2) is 4.78. The maximum Gasteiger partial charge on any atom is 0.0716 e. The Kier molecular flexibility index (Phi) is 3.18. The summed E-state index contributed by atoms with van der Waals surface area (Å²) in [6, 6.07) is 13.3. The fourth-order valence-electron chi connectivity index (χ4n) is 3.97. The van der Waals surface area contributed by atoms with Gasteiger partial charge in [-0.05, 0) is 34.4 Å². The van der Waals surface area contributed by atoms with Crippen molar-refractivity contribution in [3.63, 3.8) is 0 Å². The molecule has 0 amide bonds. The summed E-state index contributed by atoms with van der Waals surface area (Å²) in [6.07, 6.45) is 5.55. The van der Waals surface area contributed by atoms with Crippen molar-refractivity contribution in [2.75, 3.05) is 0 Å². The Bertz CT molecular complexity index is 779. The SMILES string of the molecule is C1#CC23CC2(C=C1)c1cccc2cccc3c12.CC.CC. The highest BCUT2D eigenvalue weighted by Gasteiger charge is 2.71. The smallest absolute Gasteiger partial charge is 0.0716 e. The number of benzene rings is 2. The molecule has 0 spiro atoms. The van der Waals surface area contributed by atoms with Crippen LogP contribution in [-0.2, 0) is 10.8 Å². The van der Waals surface area contributed by atoms with Crippen molar-refractivity contribution >= 4 is 10.8 Å². The molecular weight excluding hydrogens is 252 g/mol. The van der Waals surface area contributed by atoms with Crippen molar-refractivity contribution in [3.8, 4) is 11.8 Å². The summed E-state index contributed by atoms with van der Waals surface area (Å²) in [5, 5.41) is 2.82. The standard InChI is InChI=1S/C17H10.2C2H6/c1-2-10-17-11-16(17,9-1)13-7-3-5-12-6-4-8-14(17)15(12)13;2*1-2/h1,3-9H,11H2;2*1-2H3. The highest BCUT2D eigenvalue weighted by molar-refractivity contribution is 5.98. The van der Waals surface area contributed by atoms with Crippen LogP contribution < -0.4 is 0 Å². The zero-order valence-electron chi connectivity index (χ0n) is 13.3. The number of hydrogen-bond acceptors (Lipinski definition) is 0. The van der Waals surface area contributed by atoms with E-state index in [0.717, 1.165) is 0 Å². The lowest BCUT2D eigenvalue weighted by molar-refractivity contribution is 0.790. The Morgan fingerprint density at radius 3 is 2.29 bits per heavy atom. The molecule has 1 fully saturated rings. The first-order valence-electron chi connectivity index (χ1n) is 8.11. The highest BCUT2D eigenvalue weighted by atomic mass is 14.7. The van der Waals surface area contributed by atoms with E-state index in [1.54, 1.807) is 0 Å². The first-order chi connectivity index (χ1) is 10.4. The molecule has 1 saturated carbocycles. The predicted molar refractivity (Wildman–Crippen MR) is 91.5 cm³/mol. The molecule has 0 saturated heterocycles. The van der Waals surface area contributed by atoms with Gasteiger partial charge in [0.25, 0.3) is 0 Å².